The summed E-state index contributed by atoms with van der Waals surface area (Å²) in [7, 11) is 0. The summed E-state index contributed by atoms with van der Waals surface area (Å²) in [4.78, 5) is 19.2. The number of aromatic nitrogens is 2. The molecule has 0 bridgehead atoms. The van der Waals surface area contributed by atoms with Gasteiger partial charge in [-0.25, -0.2) is 4.79 Å². The molecule has 1 atom stereocenters. The Morgan fingerprint density at radius 3 is 2.46 bits per heavy atom. The topological polar surface area (TPSA) is 88.2 Å². The van der Waals surface area contributed by atoms with Crippen molar-refractivity contribution in [3.05, 3.63) is 70.7 Å². The van der Waals surface area contributed by atoms with E-state index in [0.29, 0.717) is 23.6 Å². The lowest BCUT2D eigenvalue weighted by atomic mass is 10.1. The molecule has 0 unspecified atom stereocenters. The Morgan fingerprint density at radius 2 is 2.04 bits per heavy atom. The average Bonchev–Trinajstić information content (AvgIpc) is 3.28. The van der Waals surface area contributed by atoms with Gasteiger partial charge in [0.1, 0.15) is 0 Å². The SMILES string of the molecule is C=C/C(N)=C(\C=C)Cn1c(C)c(C(C)=NC(=C)C)[nH]c1=O.CC[C@@H]1CCNC1. The van der Waals surface area contributed by atoms with Crippen LogP contribution in [-0.2, 0) is 6.54 Å². The molecule has 2 rings (SSSR count). The van der Waals surface area contributed by atoms with Crippen LogP contribution in [0.15, 0.2) is 58.6 Å². The van der Waals surface area contributed by atoms with Crippen LogP contribution in [0.3, 0.4) is 0 Å². The number of allylic oxidation sites excluding steroid dienone is 4. The second-order valence-electron chi connectivity index (χ2n) is 7.07. The van der Waals surface area contributed by atoms with Crippen LogP contribution < -0.4 is 16.7 Å². The third-order valence-electron chi connectivity index (χ3n) is 4.87. The van der Waals surface area contributed by atoms with Gasteiger partial charge >= 0.3 is 5.69 Å². The smallest absolute Gasteiger partial charge is 0.326 e. The van der Waals surface area contributed by atoms with E-state index >= 15 is 0 Å². The minimum atomic E-state index is -0.213. The molecule has 0 radical (unpaired) electrons. The summed E-state index contributed by atoms with van der Waals surface area (Å²) < 4.78 is 1.60. The number of imidazole rings is 1. The summed E-state index contributed by atoms with van der Waals surface area (Å²) in [6.07, 6.45) is 5.92. The zero-order valence-electron chi connectivity index (χ0n) is 17.8. The van der Waals surface area contributed by atoms with Crippen molar-refractivity contribution < 1.29 is 0 Å². The van der Waals surface area contributed by atoms with Gasteiger partial charge in [0.2, 0.25) is 0 Å². The normalized spacial score (nSPS) is 17.4. The molecule has 1 aliphatic rings. The maximum atomic E-state index is 12.1. The molecule has 6 heteroatoms. The summed E-state index contributed by atoms with van der Waals surface area (Å²) in [6.45, 7) is 21.7. The molecule has 0 amide bonds. The molecule has 1 fully saturated rings. The molecule has 4 N–H and O–H groups in total. The van der Waals surface area contributed by atoms with Crippen LogP contribution in [0.4, 0.5) is 0 Å². The monoisotopic (exact) mass is 385 g/mol. The number of nitrogens with two attached hydrogens (primary N) is 1. The minimum absolute atomic E-state index is 0.213. The average molecular weight is 386 g/mol. The van der Waals surface area contributed by atoms with Crippen molar-refractivity contribution in [3.63, 3.8) is 0 Å². The van der Waals surface area contributed by atoms with Gasteiger partial charge in [0.15, 0.2) is 0 Å². The standard InChI is InChI=1S/C16H22N4O.C6H13N/c1-7-13(14(17)8-2)9-20-12(6)15(19-16(20)21)11(5)18-10(3)4;1-2-6-3-4-7-5-6/h7-8H,1-3,9,17H2,4-6H3,(H,19,21);6-7H,2-5H2,1H3/b14-13-,18-11?;/t;6-/m.1/s1. The molecule has 2 heterocycles. The van der Waals surface area contributed by atoms with E-state index in [2.05, 4.69) is 42.0 Å². The fourth-order valence-electron chi connectivity index (χ4n) is 3.07. The van der Waals surface area contributed by atoms with Gasteiger partial charge in [0.05, 0.1) is 18.0 Å². The van der Waals surface area contributed by atoms with Gasteiger partial charge in [-0.05, 0) is 57.8 Å². The molecule has 28 heavy (non-hydrogen) atoms. The fourth-order valence-corrected chi connectivity index (χ4v) is 3.07. The van der Waals surface area contributed by atoms with Crippen LogP contribution in [0, 0.1) is 12.8 Å². The van der Waals surface area contributed by atoms with Gasteiger partial charge in [-0.15, -0.1) is 0 Å². The summed E-state index contributed by atoms with van der Waals surface area (Å²) in [6, 6.07) is 0. The van der Waals surface area contributed by atoms with E-state index in [1.807, 2.05) is 13.8 Å². The van der Waals surface area contributed by atoms with E-state index in [1.54, 1.807) is 23.6 Å². The van der Waals surface area contributed by atoms with E-state index in [4.69, 9.17) is 5.73 Å². The van der Waals surface area contributed by atoms with Crippen LogP contribution in [0.1, 0.15) is 45.0 Å². The lowest BCUT2D eigenvalue weighted by molar-refractivity contribution is 0.563. The van der Waals surface area contributed by atoms with Crippen LogP contribution in [-0.4, -0.2) is 28.4 Å². The Hall–Kier alpha value is -2.60. The Bertz CT molecular complexity index is 816. The van der Waals surface area contributed by atoms with Crippen molar-refractivity contribution in [1.29, 1.82) is 0 Å². The van der Waals surface area contributed by atoms with Crippen molar-refractivity contribution in [3.8, 4) is 0 Å². The van der Waals surface area contributed by atoms with E-state index in [0.717, 1.165) is 22.9 Å². The van der Waals surface area contributed by atoms with E-state index in [-0.39, 0.29) is 5.69 Å². The van der Waals surface area contributed by atoms with Crippen LogP contribution in [0.25, 0.3) is 0 Å². The van der Waals surface area contributed by atoms with E-state index in [9.17, 15) is 4.79 Å². The van der Waals surface area contributed by atoms with Gasteiger partial charge < -0.3 is 16.0 Å². The Balaban J connectivity index is 0.000000467. The Labute approximate surface area is 168 Å². The minimum Gasteiger partial charge on any atom is -0.398 e. The first-order valence-corrected chi connectivity index (χ1v) is 9.69. The van der Waals surface area contributed by atoms with Gasteiger partial charge in [0.25, 0.3) is 0 Å². The quantitative estimate of drug-likeness (QED) is 0.496. The number of aromatic amines is 1. The molecule has 0 aliphatic carbocycles. The number of hydrogen-bond donors (Lipinski definition) is 3. The Morgan fingerprint density at radius 1 is 1.36 bits per heavy atom. The summed E-state index contributed by atoms with van der Waals surface area (Å²) in [5, 5.41) is 3.32. The molecule has 0 saturated carbocycles. The molecule has 6 nitrogen and oxygen atoms in total. The lowest BCUT2D eigenvalue weighted by Crippen LogP contribution is -2.20. The largest absolute Gasteiger partial charge is 0.398 e. The maximum absolute atomic E-state index is 12.1. The zero-order valence-corrected chi connectivity index (χ0v) is 17.8. The fraction of sp³-hybridized carbons (Fsp3) is 0.455. The highest BCUT2D eigenvalue weighted by molar-refractivity contribution is 5.98. The van der Waals surface area contributed by atoms with Crippen molar-refractivity contribution in [2.45, 2.75) is 47.1 Å². The predicted octanol–water partition coefficient (Wildman–Crippen LogP) is 3.42. The second kappa shape index (κ2) is 11.3. The first-order valence-electron chi connectivity index (χ1n) is 9.69. The van der Waals surface area contributed by atoms with Gasteiger partial charge in [-0.3, -0.25) is 9.56 Å². The van der Waals surface area contributed by atoms with Crippen molar-refractivity contribution in [2.24, 2.45) is 16.6 Å². The van der Waals surface area contributed by atoms with E-state index in [1.165, 1.54) is 25.9 Å². The molecule has 0 spiro atoms. The zero-order chi connectivity index (χ0) is 21.3. The summed E-state index contributed by atoms with van der Waals surface area (Å²) in [5.41, 5.74) is 9.77. The molecule has 0 aromatic carbocycles. The van der Waals surface area contributed by atoms with E-state index < -0.39 is 0 Å². The van der Waals surface area contributed by atoms with Gasteiger partial charge in [-0.2, -0.15) is 0 Å². The third-order valence-corrected chi connectivity index (χ3v) is 4.87. The molecule has 1 aromatic heterocycles. The van der Waals surface area contributed by atoms with Crippen LogP contribution >= 0.6 is 0 Å². The van der Waals surface area contributed by atoms with Crippen molar-refractivity contribution in [1.82, 2.24) is 14.9 Å². The number of nitrogens with one attached hydrogen (secondary N) is 2. The highest BCUT2D eigenvalue weighted by Crippen LogP contribution is 2.11. The first-order chi connectivity index (χ1) is 13.2. The first kappa shape index (κ1) is 23.4. The summed E-state index contributed by atoms with van der Waals surface area (Å²) in [5.74, 6) is 0.986. The second-order valence-corrected chi connectivity index (χ2v) is 7.07. The summed E-state index contributed by atoms with van der Waals surface area (Å²) >= 11 is 0. The molecule has 1 aromatic rings. The van der Waals surface area contributed by atoms with Crippen LogP contribution in [0.2, 0.25) is 0 Å². The highest BCUT2D eigenvalue weighted by Gasteiger charge is 2.13. The van der Waals surface area contributed by atoms with Crippen LogP contribution in [0.5, 0.6) is 0 Å². The number of aliphatic imine (C=N–C) groups is 1. The number of rotatable bonds is 7. The maximum Gasteiger partial charge on any atom is 0.326 e. The lowest BCUT2D eigenvalue weighted by Gasteiger charge is -2.08. The highest BCUT2D eigenvalue weighted by atomic mass is 16.1. The number of hydrogen-bond acceptors (Lipinski definition) is 4. The van der Waals surface area contributed by atoms with Gasteiger partial charge in [0, 0.05) is 17.1 Å². The number of H-pyrrole nitrogens is 1. The third kappa shape index (κ3) is 6.53. The Kier molecular flexibility index (Phi) is 9.45. The number of nitrogens with zero attached hydrogens (tertiary/aromatic N) is 2. The van der Waals surface area contributed by atoms with Crippen molar-refractivity contribution in [2.75, 3.05) is 13.1 Å². The van der Waals surface area contributed by atoms with Crippen molar-refractivity contribution >= 4 is 5.71 Å². The molecule has 1 saturated heterocycles. The molecule has 154 valence electrons. The van der Waals surface area contributed by atoms with Gasteiger partial charge in [-0.1, -0.05) is 39.2 Å². The predicted molar refractivity (Wildman–Crippen MR) is 120 cm³/mol. The molecule has 1 aliphatic heterocycles. The molecular weight excluding hydrogens is 350 g/mol. The molecular formula is C22H35N5O.